The predicted molar refractivity (Wildman–Crippen MR) is 64.2 cm³/mol. The van der Waals surface area contributed by atoms with Crippen molar-refractivity contribution in [2.24, 2.45) is 5.73 Å². The standard InChI is InChI=1S/C12H19NOS/c1-9-5-6-12(15-9)11(13)8-10-4-2-3-7-14-10/h5-6,10-11H,2-4,7-8,13H2,1H3. The quantitative estimate of drug-likeness (QED) is 0.858. The average molecular weight is 225 g/mol. The molecule has 1 aliphatic rings. The Morgan fingerprint density at radius 2 is 2.40 bits per heavy atom. The van der Waals surface area contributed by atoms with Gasteiger partial charge in [0.15, 0.2) is 0 Å². The Bertz CT molecular complexity index is 304. The van der Waals surface area contributed by atoms with E-state index >= 15 is 0 Å². The number of aryl methyl sites for hydroxylation is 1. The fraction of sp³-hybridized carbons (Fsp3) is 0.667. The normalized spacial score (nSPS) is 24.0. The van der Waals surface area contributed by atoms with Gasteiger partial charge in [0.05, 0.1) is 6.10 Å². The first-order valence-corrected chi connectivity index (χ1v) is 6.51. The molecular weight excluding hydrogens is 206 g/mol. The van der Waals surface area contributed by atoms with Gasteiger partial charge in [0.1, 0.15) is 0 Å². The number of thiophene rings is 1. The summed E-state index contributed by atoms with van der Waals surface area (Å²) < 4.78 is 5.70. The monoisotopic (exact) mass is 225 g/mol. The van der Waals surface area contributed by atoms with E-state index in [0.717, 1.165) is 13.0 Å². The summed E-state index contributed by atoms with van der Waals surface area (Å²) in [6.07, 6.45) is 5.04. The highest BCUT2D eigenvalue weighted by atomic mass is 32.1. The Morgan fingerprint density at radius 1 is 1.53 bits per heavy atom. The molecule has 1 saturated heterocycles. The van der Waals surface area contributed by atoms with Crippen LogP contribution in [0.1, 0.15) is 41.5 Å². The summed E-state index contributed by atoms with van der Waals surface area (Å²) in [6.45, 7) is 3.04. The van der Waals surface area contributed by atoms with E-state index in [1.807, 2.05) is 0 Å². The van der Waals surface area contributed by atoms with Crippen molar-refractivity contribution in [2.75, 3.05) is 6.61 Å². The molecule has 15 heavy (non-hydrogen) atoms. The van der Waals surface area contributed by atoms with E-state index in [0.29, 0.717) is 6.10 Å². The van der Waals surface area contributed by atoms with Gasteiger partial charge in [0.25, 0.3) is 0 Å². The fourth-order valence-corrected chi connectivity index (χ4v) is 2.94. The Labute approximate surface area is 95.4 Å². The largest absolute Gasteiger partial charge is 0.378 e. The van der Waals surface area contributed by atoms with Crippen molar-refractivity contribution in [3.63, 3.8) is 0 Å². The van der Waals surface area contributed by atoms with E-state index in [1.54, 1.807) is 11.3 Å². The molecule has 84 valence electrons. The van der Waals surface area contributed by atoms with Gasteiger partial charge in [-0.2, -0.15) is 0 Å². The Morgan fingerprint density at radius 3 is 3.00 bits per heavy atom. The molecule has 2 atom stereocenters. The molecule has 0 aromatic carbocycles. The summed E-state index contributed by atoms with van der Waals surface area (Å²) in [6, 6.07) is 4.45. The highest BCUT2D eigenvalue weighted by Gasteiger charge is 2.18. The van der Waals surface area contributed by atoms with Crippen LogP contribution in [0.5, 0.6) is 0 Å². The zero-order valence-corrected chi connectivity index (χ0v) is 10.1. The molecule has 2 heterocycles. The van der Waals surface area contributed by atoms with Gasteiger partial charge in [-0.1, -0.05) is 0 Å². The minimum Gasteiger partial charge on any atom is -0.378 e. The lowest BCUT2D eigenvalue weighted by atomic mass is 10.0. The second kappa shape index (κ2) is 5.10. The van der Waals surface area contributed by atoms with Crippen LogP contribution >= 0.6 is 11.3 Å². The average Bonchev–Trinajstić information content (AvgIpc) is 2.66. The third-order valence-corrected chi connectivity index (χ3v) is 4.05. The first-order chi connectivity index (χ1) is 7.25. The second-order valence-electron chi connectivity index (χ2n) is 4.28. The molecule has 2 nitrogen and oxygen atoms in total. The molecule has 2 rings (SSSR count). The number of nitrogens with two attached hydrogens (primary N) is 1. The molecule has 0 spiro atoms. The molecule has 0 amide bonds. The van der Waals surface area contributed by atoms with Gasteiger partial charge >= 0.3 is 0 Å². The lowest BCUT2D eigenvalue weighted by molar-refractivity contribution is 0.00747. The third-order valence-electron chi connectivity index (χ3n) is 2.92. The third kappa shape index (κ3) is 3.03. The van der Waals surface area contributed by atoms with Gasteiger partial charge in [-0.3, -0.25) is 0 Å². The van der Waals surface area contributed by atoms with Crippen molar-refractivity contribution in [1.29, 1.82) is 0 Å². The Kier molecular flexibility index (Phi) is 3.78. The van der Waals surface area contributed by atoms with Crippen molar-refractivity contribution in [3.05, 3.63) is 21.9 Å². The molecule has 0 aliphatic carbocycles. The molecule has 2 N–H and O–H groups in total. The molecule has 1 aromatic rings. The lowest BCUT2D eigenvalue weighted by Gasteiger charge is -2.24. The zero-order chi connectivity index (χ0) is 10.7. The van der Waals surface area contributed by atoms with E-state index < -0.39 is 0 Å². The number of hydrogen-bond acceptors (Lipinski definition) is 3. The maximum absolute atomic E-state index is 6.17. The van der Waals surface area contributed by atoms with Crippen LogP contribution in [0.25, 0.3) is 0 Å². The first kappa shape index (κ1) is 11.1. The maximum atomic E-state index is 6.17. The van der Waals surface area contributed by atoms with Crippen LogP contribution in [0.3, 0.4) is 0 Å². The van der Waals surface area contributed by atoms with E-state index in [4.69, 9.17) is 10.5 Å². The summed E-state index contributed by atoms with van der Waals surface area (Å²) in [5, 5.41) is 0. The SMILES string of the molecule is Cc1ccc(C(N)CC2CCCCO2)s1. The van der Waals surface area contributed by atoms with E-state index in [1.165, 1.54) is 29.0 Å². The van der Waals surface area contributed by atoms with Crippen molar-refractivity contribution >= 4 is 11.3 Å². The van der Waals surface area contributed by atoms with E-state index in [2.05, 4.69) is 19.1 Å². The van der Waals surface area contributed by atoms with Gasteiger partial charge in [-0.15, -0.1) is 11.3 Å². The maximum Gasteiger partial charge on any atom is 0.0593 e. The van der Waals surface area contributed by atoms with Gasteiger partial charge in [-0.05, 0) is 44.7 Å². The van der Waals surface area contributed by atoms with Crippen LogP contribution in [-0.4, -0.2) is 12.7 Å². The summed E-state index contributed by atoms with van der Waals surface area (Å²) in [5.41, 5.74) is 6.17. The molecule has 0 bridgehead atoms. The molecule has 0 saturated carbocycles. The van der Waals surface area contributed by atoms with Gasteiger partial charge in [0, 0.05) is 22.4 Å². The molecule has 1 aromatic heterocycles. The van der Waals surface area contributed by atoms with Crippen molar-refractivity contribution in [2.45, 2.75) is 44.8 Å². The topological polar surface area (TPSA) is 35.2 Å². The molecular formula is C12H19NOS. The van der Waals surface area contributed by atoms with Gasteiger partial charge in [-0.25, -0.2) is 0 Å². The molecule has 0 radical (unpaired) electrons. The molecule has 2 unspecified atom stereocenters. The summed E-state index contributed by atoms with van der Waals surface area (Å²) in [4.78, 5) is 2.63. The molecule has 3 heteroatoms. The van der Waals surface area contributed by atoms with Gasteiger partial charge in [0.2, 0.25) is 0 Å². The first-order valence-electron chi connectivity index (χ1n) is 5.69. The molecule has 1 aliphatic heterocycles. The fourth-order valence-electron chi connectivity index (χ4n) is 2.05. The number of ether oxygens (including phenoxy) is 1. The summed E-state index contributed by atoms with van der Waals surface area (Å²) in [7, 11) is 0. The Hall–Kier alpha value is -0.380. The van der Waals surface area contributed by atoms with Crippen molar-refractivity contribution in [3.8, 4) is 0 Å². The highest BCUT2D eigenvalue weighted by molar-refractivity contribution is 7.12. The van der Waals surface area contributed by atoms with Crippen LogP contribution in [0.2, 0.25) is 0 Å². The van der Waals surface area contributed by atoms with E-state index in [9.17, 15) is 0 Å². The van der Waals surface area contributed by atoms with Crippen LogP contribution in [0, 0.1) is 6.92 Å². The van der Waals surface area contributed by atoms with E-state index in [-0.39, 0.29) is 6.04 Å². The highest BCUT2D eigenvalue weighted by Crippen LogP contribution is 2.27. The van der Waals surface area contributed by atoms with Crippen LogP contribution < -0.4 is 5.73 Å². The van der Waals surface area contributed by atoms with Crippen LogP contribution in [0.4, 0.5) is 0 Å². The summed E-state index contributed by atoms with van der Waals surface area (Å²) >= 11 is 1.80. The lowest BCUT2D eigenvalue weighted by Crippen LogP contribution is -2.24. The van der Waals surface area contributed by atoms with Gasteiger partial charge < -0.3 is 10.5 Å². The molecule has 1 fully saturated rings. The van der Waals surface area contributed by atoms with Crippen LogP contribution in [-0.2, 0) is 4.74 Å². The summed E-state index contributed by atoms with van der Waals surface area (Å²) in [5.74, 6) is 0. The van der Waals surface area contributed by atoms with Crippen molar-refractivity contribution in [1.82, 2.24) is 0 Å². The second-order valence-corrected chi connectivity index (χ2v) is 5.60. The minimum atomic E-state index is 0.159. The van der Waals surface area contributed by atoms with Crippen LogP contribution in [0.15, 0.2) is 12.1 Å². The Balaban J connectivity index is 1.88. The number of hydrogen-bond donors (Lipinski definition) is 1. The number of rotatable bonds is 3. The zero-order valence-electron chi connectivity index (χ0n) is 9.24. The predicted octanol–water partition coefficient (Wildman–Crippen LogP) is 3.02. The van der Waals surface area contributed by atoms with Crippen molar-refractivity contribution < 1.29 is 4.74 Å². The smallest absolute Gasteiger partial charge is 0.0593 e. The minimum absolute atomic E-state index is 0.159.